The standard InChI is InChI=1S/C26H27N3O3/c1-28(2)14-15-32-20-9-7-8-19(16-20)17-27-25(30)18-29-23-12-5-3-10-21(23)26(31)22-11-4-6-13-24(22)29/h3-13,16H,14-15,17-18H2,1-2H3,(H,27,30). The molecule has 0 fully saturated rings. The second kappa shape index (κ2) is 9.66. The van der Waals surface area contributed by atoms with Gasteiger partial charge < -0.3 is 19.5 Å². The van der Waals surface area contributed by atoms with Crippen LogP contribution in [0.2, 0.25) is 0 Å². The summed E-state index contributed by atoms with van der Waals surface area (Å²) in [7, 11) is 4.01. The molecule has 0 aliphatic carbocycles. The average Bonchev–Trinajstić information content (AvgIpc) is 2.80. The van der Waals surface area contributed by atoms with Crippen LogP contribution in [-0.2, 0) is 17.9 Å². The molecule has 0 bridgehead atoms. The van der Waals surface area contributed by atoms with Gasteiger partial charge in [0.15, 0.2) is 5.43 Å². The molecule has 3 aromatic carbocycles. The molecule has 0 saturated carbocycles. The first kappa shape index (κ1) is 21.6. The minimum atomic E-state index is -0.122. The van der Waals surface area contributed by atoms with Gasteiger partial charge in [0, 0.05) is 23.9 Å². The number of ether oxygens (including phenoxy) is 1. The number of hydrogen-bond donors (Lipinski definition) is 1. The van der Waals surface area contributed by atoms with Crippen molar-refractivity contribution in [1.29, 1.82) is 0 Å². The molecule has 0 unspecified atom stereocenters. The third-order valence-corrected chi connectivity index (χ3v) is 5.38. The SMILES string of the molecule is CN(C)CCOc1cccc(CNC(=O)Cn2c3ccccc3c(=O)c3ccccc32)c1. The van der Waals surface area contributed by atoms with E-state index in [1.165, 1.54) is 0 Å². The molecule has 1 aromatic heterocycles. The molecule has 1 amide bonds. The Balaban J connectivity index is 1.50. The molecule has 0 atom stereocenters. The largest absolute Gasteiger partial charge is 0.492 e. The van der Waals surface area contributed by atoms with Crippen LogP contribution in [-0.4, -0.2) is 42.6 Å². The second-order valence-electron chi connectivity index (χ2n) is 8.03. The predicted octanol–water partition coefficient (Wildman–Crippen LogP) is 3.41. The van der Waals surface area contributed by atoms with Crippen LogP contribution in [0.4, 0.5) is 0 Å². The Morgan fingerprint density at radius 3 is 2.25 bits per heavy atom. The molecule has 0 aliphatic heterocycles. The summed E-state index contributed by atoms with van der Waals surface area (Å²) in [6, 6.07) is 22.6. The molecule has 6 heteroatoms. The Morgan fingerprint density at radius 1 is 0.938 bits per heavy atom. The fraction of sp³-hybridized carbons (Fsp3) is 0.231. The number of pyridine rings is 1. The predicted molar refractivity (Wildman–Crippen MR) is 128 cm³/mol. The van der Waals surface area contributed by atoms with Crippen LogP contribution in [0.15, 0.2) is 77.6 Å². The number of likely N-dealkylation sites (N-methyl/N-ethyl adjacent to an activating group) is 1. The average molecular weight is 430 g/mol. The van der Waals surface area contributed by atoms with Gasteiger partial charge in [-0.2, -0.15) is 0 Å². The highest BCUT2D eigenvalue weighted by Gasteiger charge is 2.12. The minimum absolute atomic E-state index is 0.0149. The minimum Gasteiger partial charge on any atom is -0.492 e. The molecule has 1 heterocycles. The molecule has 0 saturated heterocycles. The number of nitrogens with zero attached hydrogens (tertiary/aromatic N) is 2. The van der Waals surface area contributed by atoms with E-state index in [-0.39, 0.29) is 17.9 Å². The van der Waals surface area contributed by atoms with Crippen LogP contribution in [0.5, 0.6) is 5.75 Å². The van der Waals surface area contributed by atoms with E-state index in [0.29, 0.717) is 23.9 Å². The highest BCUT2D eigenvalue weighted by molar-refractivity contribution is 5.94. The van der Waals surface area contributed by atoms with E-state index in [0.717, 1.165) is 28.9 Å². The van der Waals surface area contributed by atoms with Gasteiger partial charge in [-0.05, 0) is 56.1 Å². The Bertz CT molecular complexity index is 1250. The molecule has 4 rings (SSSR count). The number of carbonyl (C=O) groups is 1. The Morgan fingerprint density at radius 2 is 1.59 bits per heavy atom. The summed E-state index contributed by atoms with van der Waals surface area (Å²) in [5.74, 6) is 0.666. The van der Waals surface area contributed by atoms with Gasteiger partial charge in [0.1, 0.15) is 18.9 Å². The highest BCUT2D eigenvalue weighted by Crippen LogP contribution is 2.19. The Hall–Kier alpha value is -3.64. The lowest BCUT2D eigenvalue weighted by molar-refractivity contribution is -0.121. The summed E-state index contributed by atoms with van der Waals surface area (Å²) in [6.07, 6.45) is 0. The maximum atomic E-state index is 12.9. The van der Waals surface area contributed by atoms with Gasteiger partial charge >= 0.3 is 0 Å². The lowest BCUT2D eigenvalue weighted by atomic mass is 10.1. The van der Waals surface area contributed by atoms with Gasteiger partial charge in [-0.15, -0.1) is 0 Å². The van der Waals surface area contributed by atoms with Crippen LogP contribution >= 0.6 is 0 Å². The summed E-state index contributed by atoms with van der Waals surface area (Å²) < 4.78 is 7.68. The lowest BCUT2D eigenvalue weighted by Gasteiger charge is -2.15. The summed E-state index contributed by atoms with van der Waals surface area (Å²) >= 11 is 0. The number of benzene rings is 3. The maximum absolute atomic E-state index is 12.9. The topological polar surface area (TPSA) is 63.6 Å². The van der Waals surface area contributed by atoms with Gasteiger partial charge in [0.25, 0.3) is 0 Å². The number of amides is 1. The van der Waals surface area contributed by atoms with Crippen molar-refractivity contribution in [2.75, 3.05) is 27.2 Å². The number of rotatable bonds is 8. The summed E-state index contributed by atoms with van der Waals surface area (Å²) in [4.78, 5) is 27.8. The van der Waals surface area contributed by atoms with E-state index < -0.39 is 0 Å². The second-order valence-corrected chi connectivity index (χ2v) is 8.03. The quantitative estimate of drug-likeness (QED) is 0.436. The highest BCUT2D eigenvalue weighted by atomic mass is 16.5. The van der Waals surface area contributed by atoms with Gasteiger partial charge in [-0.3, -0.25) is 9.59 Å². The Labute approximate surface area is 187 Å². The molecule has 0 aliphatic rings. The third kappa shape index (κ3) is 4.81. The fourth-order valence-electron chi connectivity index (χ4n) is 3.74. The van der Waals surface area contributed by atoms with Crippen LogP contribution in [0.25, 0.3) is 21.8 Å². The van der Waals surface area contributed by atoms with Gasteiger partial charge in [-0.1, -0.05) is 36.4 Å². The van der Waals surface area contributed by atoms with Crippen LogP contribution < -0.4 is 15.5 Å². The molecule has 6 nitrogen and oxygen atoms in total. The monoisotopic (exact) mass is 429 g/mol. The van der Waals surface area contributed by atoms with E-state index in [9.17, 15) is 9.59 Å². The van der Waals surface area contributed by atoms with E-state index in [1.54, 1.807) is 12.1 Å². The number of nitrogens with one attached hydrogen (secondary N) is 1. The fourth-order valence-corrected chi connectivity index (χ4v) is 3.74. The first-order valence-corrected chi connectivity index (χ1v) is 10.7. The molecular weight excluding hydrogens is 402 g/mol. The summed E-state index contributed by atoms with van der Waals surface area (Å²) in [5.41, 5.74) is 2.46. The van der Waals surface area contributed by atoms with Crippen molar-refractivity contribution in [1.82, 2.24) is 14.8 Å². The van der Waals surface area contributed by atoms with Crippen molar-refractivity contribution in [2.45, 2.75) is 13.1 Å². The van der Waals surface area contributed by atoms with Crippen molar-refractivity contribution in [2.24, 2.45) is 0 Å². The van der Waals surface area contributed by atoms with Crippen molar-refractivity contribution in [3.63, 3.8) is 0 Å². The first-order valence-electron chi connectivity index (χ1n) is 10.7. The number of para-hydroxylation sites is 2. The molecule has 0 radical (unpaired) electrons. The molecule has 0 spiro atoms. The van der Waals surface area contributed by atoms with Gasteiger partial charge in [-0.25, -0.2) is 0 Å². The molecular formula is C26H27N3O3. The number of hydrogen-bond acceptors (Lipinski definition) is 4. The normalized spacial score (nSPS) is 11.2. The lowest BCUT2D eigenvalue weighted by Crippen LogP contribution is -2.28. The molecule has 32 heavy (non-hydrogen) atoms. The molecule has 164 valence electrons. The zero-order chi connectivity index (χ0) is 22.5. The van der Waals surface area contributed by atoms with Gasteiger partial charge in [0.2, 0.25) is 5.91 Å². The van der Waals surface area contributed by atoms with E-state index in [1.807, 2.05) is 79.3 Å². The van der Waals surface area contributed by atoms with Crippen molar-refractivity contribution in [3.8, 4) is 5.75 Å². The molecule has 4 aromatic rings. The number of carbonyl (C=O) groups excluding carboxylic acids is 1. The van der Waals surface area contributed by atoms with E-state index >= 15 is 0 Å². The molecule has 1 N–H and O–H groups in total. The van der Waals surface area contributed by atoms with Crippen LogP contribution in [0, 0.1) is 0 Å². The van der Waals surface area contributed by atoms with Crippen LogP contribution in [0.1, 0.15) is 5.56 Å². The summed E-state index contributed by atoms with van der Waals surface area (Å²) in [6.45, 7) is 1.97. The van der Waals surface area contributed by atoms with Crippen molar-refractivity contribution < 1.29 is 9.53 Å². The third-order valence-electron chi connectivity index (χ3n) is 5.38. The zero-order valence-corrected chi connectivity index (χ0v) is 18.4. The van der Waals surface area contributed by atoms with Crippen LogP contribution in [0.3, 0.4) is 0 Å². The number of fused-ring (bicyclic) bond motifs is 2. The maximum Gasteiger partial charge on any atom is 0.240 e. The van der Waals surface area contributed by atoms with E-state index in [2.05, 4.69) is 10.2 Å². The summed E-state index contributed by atoms with van der Waals surface area (Å²) in [5, 5.41) is 4.22. The number of aromatic nitrogens is 1. The zero-order valence-electron chi connectivity index (χ0n) is 18.4. The van der Waals surface area contributed by atoms with Crippen molar-refractivity contribution in [3.05, 3.63) is 88.6 Å². The van der Waals surface area contributed by atoms with E-state index in [4.69, 9.17) is 4.74 Å². The van der Waals surface area contributed by atoms with Crippen molar-refractivity contribution >= 4 is 27.7 Å². The van der Waals surface area contributed by atoms with Gasteiger partial charge in [0.05, 0.1) is 11.0 Å². The Kier molecular flexibility index (Phi) is 6.52. The smallest absolute Gasteiger partial charge is 0.240 e. The first-order chi connectivity index (χ1) is 15.5.